The molecule has 0 fully saturated rings. The Bertz CT molecular complexity index is 446. The minimum Gasteiger partial charge on any atom is -0.0991 e. The summed E-state index contributed by atoms with van der Waals surface area (Å²) < 4.78 is 0. The highest BCUT2D eigenvalue weighted by atomic mass is 14.0. The van der Waals surface area contributed by atoms with Gasteiger partial charge < -0.3 is 0 Å². The van der Waals surface area contributed by atoms with E-state index in [4.69, 9.17) is 0 Å². The van der Waals surface area contributed by atoms with Gasteiger partial charge in [-0.05, 0) is 60.3 Å². The average molecular weight is 284 g/mol. The number of rotatable bonds is 9. The summed E-state index contributed by atoms with van der Waals surface area (Å²) in [4.78, 5) is 0. The van der Waals surface area contributed by atoms with Gasteiger partial charge in [0.25, 0.3) is 0 Å². The number of hydrogen-bond acceptors (Lipinski definition) is 0. The van der Waals surface area contributed by atoms with Gasteiger partial charge in [0, 0.05) is 0 Å². The van der Waals surface area contributed by atoms with Crippen molar-refractivity contribution in [1.29, 1.82) is 0 Å². The van der Waals surface area contributed by atoms with E-state index in [2.05, 4.69) is 71.6 Å². The van der Waals surface area contributed by atoms with Crippen molar-refractivity contribution in [3.8, 4) is 0 Å². The van der Waals surface area contributed by atoms with Crippen LogP contribution in [0.25, 0.3) is 0 Å². The Morgan fingerprint density at radius 1 is 0.810 bits per heavy atom. The molecule has 0 N–H and O–H groups in total. The summed E-state index contributed by atoms with van der Waals surface area (Å²) in [6.45, 7) is 14.5. The molecule has 0 bridgehead atoms. The fourth-order valence-corrected chi connectivity index (χ4v) is 1.93. The van der Waals surface area contributed by atoms with E-state index in [1.165, 1.54) is 28.7 Å². The molecular formula is C21H32. The predicted molar refractivity (Wildman–Crippen MR) is 98.5 cm³/mol. The SMILES string of the molecule is C=CC=C(C)C=CC=C(C)CCC=C(C)CCC=C(C)C. The molecule has 0 amide bonds. The van der Waals surface area contributed by atoms with E-state index in [0.717, 1.165) is 19.3 Å². The minimum absolute atomic E-state index is 1.13. The molecule has 0 unspecified atom stereocenters. The third-order valence-corrected chi connectivity index (χ3v) is 3.24. The maximum Gasteiger partial charge on any atom is -0.0285 e. The lowest BCUT2D eigenvalue weighted by atomic mass is 10.1. The topological polar surface area (TPSA) is 0 Å². The van der Waals surface area contributed by atoms with E-state index < -0.39 is 0 Å². The first-order chi connectivity index (χ1) is 9.95. The van der Waals surface area contributed by atoms with Gasteiger partial charge in [-0.2, -0.15) is 0 Å². The van der Waals surface area contributed by atoms with E-state index >= 15 is 0 Å². The van der Waals surface area contributed by atoms with Crippen LogP contribution in [0.4, 0.5) is 0 Å². The van der Waals surface area contributed by atoms with Crippen molar-refractivity contribution < 1.29 is 0 Å². The van der Waals surface area contributed by atoms with Crippen LogP contribution in [0.2, 0.25) is 0 Å². The van der Waals surface area contributed by atoms with E-state index in [0.29, 0.717) is 0 Å². The molecule has 0 rings (SSSR count). The highest BCUT2D eigenvalue weighted by Gasteiger charge is 1.91. The molecule has 0 atom stereocenters. The van der Waals surface area contributed by atoms with E-state index in [-0.39, 0.29) is 0 Å². The van der Waals surface area contributed by atoms with Crippen LogP contribution < -0.4 is 0 Å². The molecule has 0 nitrogen and oxygen atoms in total. The summed E-state index contributed by atoms with van der Waals surface area (Å²) in [5.74, 6) is 0. The van der Waals surface area contributed by atoms with Crippen molar-refractivity contribution in [3.05, 3.63) is 71.4 Å². The quantitative estimate of drug-likeness (QED) is 0.313. The summed E-state index contributed by atoms with van der Waals surface area (Å²) in [5, 5.41) is 0. The fraction of sp³-hybridized carbons (Fsp3) is 0.429. The number of hydrogen-bond donors (Lipinski definition) is 0. The van der Waals surface area contributed by atoms with Gasteiger partial charge in [0.1, 0.15) is 0 Å². The molecule has 21 heavy (non-hydrogen) atoms. The third-order valence-electron chi connectivity index (χ3n) is 3.24. The van der Waals surface area contributed by atoms with E-state index in [9.17, 15) is 0 Å². The van der Waals surface area contributed by atoms with Crippen LogP contribution in [0.1, 0.15) is 60.3 Å². The van der Waals surface area contributed by atoms with Gasteiger partial charge in [0.05, 0.1) is 0 Å². The Kier molecular flexibility index (Phi) is 11.3. The van der Waals surface area contributed by atoms with Gasteiger partial charge in [-0.3, -0.25) is 0 Å². The van der Waals surface area contributed by atoms with Crippen LogP contribution in [0.15, 0.2) is 71.4 Å². The van der Waals surface area contributed by atoms with Crippen molar-refractivity contribution in [2.45, 2.75) is 60.3 Å². The maximum atomic E-state index is 3.70. The standard InChI is InChI=1S/C21H32/c1-7-11-19(4)14-9-15-21(6)17-10-16-20(5)13-8-12-18(2)3/h7,9,11-12,14-16H,1,8,10,13,17H2,2-6H3. The van der Waals surface area contributed by atoms with Crippen molar-refractivity contribution >= 4 is 0 Å². The van der Waals surface area contributed by atoms with Crippen LogP contribution in [-0.4, -0.2) is 0 Å². The van der Waals surface area contributed by atoms with Crippen molar-refractivity contribution in [2.24, 2.45) is 0 Å². The molecule has 0 heterocycles. The molecule has 0 aromatic heterocycles. The molecule has 0 aliphatic rings. The van der Waals surface area contributed by atoms with Gasteiger partial charge in [0.2, 0.25) is 0 Å². The predicted octanol–water partition coefficient (Wildman–Crippen LogP) is 7.09. The minimum atomic E-state index is 1.13. The molecule has 0 aromatic carbocycles. The van der Waals surface area contributed by atoms with Gasteiger partial charge in [-0.25, -0.2) is 0 Å². The van der Waals surface area contributed by atoms with Crippen LogP contribution in [0, 0.1) is 0 Å². The zero-order valence-electron chi connectivity index (χ0n) is 14.6. The maximum absolute atomic E-state index is 3.70. The first-order valence-electron chi connectivity index (χ1n) is 7.88. The third kappa shape index (κ3) is 13.2. The fourth-order valence-electron chi connectivity index (χ4n) is 1.93. The Hall–Kier alpha value is -1.56. The van der Waals surface area contributed by atoms with Gasteiger partial charge in [0.15, 0.2) is 0 Å². The second kappa shape index (κ2) is 12.2. The summed E-state index contributed by atoms with van der Waals surface area (Å²) in [5.41, 5.74) is 5.56. The van der Waals surface area contributed by atoms with Gasteiger partial charge in [-0.15, -0.1) is 0 Å². The lowest BCUT2D eigenvalue weighted by Gasteiger charge is -2.00. The van der Waals surface area contributed by atoms with Crippen molar-refractivity contribution in [2.75, 3.05) is 0 Å². The second-order valence-corrected chi connectivity index (χ2v) is 5.93. The highest BCUT2D eigenvalue weighted by Crippen LogP contribution is 2.11. The van der Waals surface area contributed by atoms with Crippen molar-refractivity contribution in [1.82, 2.24) is 0 Å². The summed E-state index contributed by atoms with van der Waals surface area (Å²) in [6.07, 6.45) is 19.6. The number of allylic oxidation sites excluding steroid dienone is 11. The molecule has 0 saturated heterocycles. The molecule has 0 aliphatic heterocycles. The molecule has 116 valence electrons. The Morgan fingerprint density at radius 3 is 2.05 bits per heavy atom. The van der Waals surface area contributed by atoms with Crippen molar-refractivity contribution in [3.63, 3.8) is 0 Å². The lowest BCUT2D eigenvalue weighted by molar-refractivity contribution is 0.918. The Labute approximate surface area is 132 Å². The average Bonchev–Trinajstić information content (AvgIpc) is 2.38. The monoisotopic (exact) mass is 284 g/mol. The van der Waals surface area contributed by atoms with E-state index in [1.54, 1.807) is 0 Å². The molecular weight excluding hydrogens is 252 g/mol. The molecule has 0 aliphatic carbocycles. The largest absolute Gasteiger partial charge is 0.0991 e. The molecule has 0 radical (unpaired) electrons. The first kappa shape index (κ1) is 19.4. The van der Waals surface area contributed by atoms with Gasteiger partial charge in [-0.1, -0.05) is 71.4 Å². The normalized spacial score (nSPS) is 13.7. The lowest BCUT2D eigenvalue weighted by Crippen LogP contribution is -1.80. The summed E-state index contributed by atoms with van der Waals surface area (Å²) in [6, 6.07) is 0. The summed E-state index contributed by atoms with van der Waals surface area (Å²) in [7, 11) is 0. The first-order valence-corrected chi connectivity index (χ1v) is 7.88. The molecule has 0 heteroatoms. The Balaban J connectivity index is 4.12. The zero-order chi connectivity index (χ0) is 16.1. The van der Waals surface area contributed by atoms with Crippen LogP contribution >= 0.6 is 0 Å². The van der Waals surface area contributed by atoms with E-state index in [1.807, 2.05) is 12.2 Å². The zero-order valence-corrected chi connectivity index (χ0v) is 14.6. The summed E-state index contributed by atoms with van der Waals surface area (Å²) >= 11 is 0. The molecule has 0 saturated carbocycles. The molecule has 0 aromatic rings. The van der Waals surface area contributed by atoms with Crippen LogP contribution in [-0.2, 0) is 0 Å². The van der Waals surface area contributed by atoms with Crippen LogP contribution in [0.3, 0.4) is 0 Å². The van der Waals surface area contributed by atoms with Gasteiger partial charge >= 0.3 is 0 Å². The van der Waals surface area contributed by atoms with Crippen LogP contribution in [0.5, 0.6) is 0 Å². The molecule has 0 spiro atoms. The Morgan fingerprint density at radius 2 is 1.43 bits per heavy atom. The highest BCUT2D eigenvalue weighted by molar-refractivity contribution is 5.24. The second-order valence-electron chi connectivity index (χ2n) is 5.93. The smallest absolute Gasteiger partial charge is 0.0285 e.